The smallest absolute Gasteiger partial charge is 0.273 e. The molecule has 1 aromatic rings. The van der Waals surface area contributed by atoms with Crippen LogP contribution in [0, 0.1) is 6.92 Å². The molecule has 0 spiro atoms. The fourth-order valence-electron chi connectivity index (χ4n) is 5.22. The SMILES string of the molecule is COCCCCN1C(=O)[C@](C)(COC)Oc2cc(C)c(CC(=O)N(C(C)C)[C@@H]3CCCNC3)cc21. The molecule has 1 saturated heterocycles. The van der Waals surface area contributed by atoms with Gasteiger partial charge in [-0.25, -0.2) is 0 Å². The molecule has 1 N–H and O–H groups in total. The summed E-state index contributed by atoms with van der Waals surface area (Å²) in [6.07, 6.45) is 4.06. The van der Waals surface area contributed by atoms with Crippen LogP contribution in [-0.2, 0) is 25.5 Å². The van der Waals surface area contributed by atoms with Crippen molar-refractivity contribution >= 4 is 17.5 Å². The molecule has 8 nitrogen and oxygen atoms in total. The van der Waals surface area contributed by atoms with E-state index in [9.17, 15) is 9.59 Å². The number of ether oxygens (including phenoxy) is 3. The maximum atomic E-state index is 13.5. The van der Waals surface area contributed by atoms with Crippen LogP contribution in [0.15, 0.2) is 12.1 Å². The molecule has 0 bridgehead atoms. The van der Waals surface area contributed by atoms with Gasteiger partial charge in [0.05, 0.1) is 18.7 Å². The molecular weight excluding hydrogens is 446 g/mol. The van der Waals surface area contributed by atoms with Crippen LogP contribution < -0.4 is 15.0 Å². The van der Waals surface area contributed by atoms with Gasteiger partial charge in [-0.2, -0.15) is 0 Å². The second-order valence-corrected chi connectivity index (χ2v) is 10.2. The number of aryl methyl sites for hydroxylation is 1. The van der Waals surface area contributed by atoms with Gasteiger partial charge in [0.25, 0.3) is 5.91 Å². The van der Waals surface area contributed by atoms with Gasteiger partial charge in [0.2, 0.25) is 11.5 Å². The molecule has 2 aliphatic heterocycles. The highest BCUT2D eigenvalue weighted by molar-refractivity contribution is 6.03. The van der Waals surface area contributed by atoms with Crippen molar-refractivity contribution < 1.29 is 23.8 Å². The molecule has 8 heteroatoms. The molecule has 0 radical (unpaired) electrons. The lowest BCUT2D eigenvalue weighted by atomic mass is 9.96. The molecular formula is C27H43N3O5. The van der Waals surface area contributed by atoms with E-state index in [4.69, 9.17) is 14.2 Å². The van der Waals surface area contributed by atoms with Gasteiger partial charge in [-0.3, -0.25) is 9.59 Å². The Morgan fingerprint density at radius 1 is 1.29 bits per heavy atom. The molecule has 3 rings (SSSR count). The van der Waals surface area contributed by atoms with Gasteiger partial charge >= 0.3 is 0 Å². The highest BCUT2D eigenvalue weighted by Gasteiger charge is 2.45. The molecule has 0 unspecified atom stereocenters. The maximum absolute atomic E-state index is 13.5. The number of rotatable bonds is 11. The number of methoxy groups -OCH3 is 2. The zero-order valence-corrected chi connectivity index (χ0v) is 22.3. The van der Waals surface area contributed by atoms with E-state index in [1.54, 1.807) is 26.0 Å². The van der Waals surface area contributed by atoms with Crippen molar-refractivity contribution in [1.82, 2.24) is 10.2 Å². The quantitative estimate of drug-likeness (QED) is 0.481. The molecule has 2 atom stereocenters. The van der Waals surface area contributed by atoms with Crippen LogP contribution in [0.3, 0.4) is 0 Å². The first kappa shape index (κ1) is 27.4. The number of nitrogens with one attached hydrogen (secondary N) is 1. The number of fused-ring (bicyclic) bond motifs is 1. The molecule has 0 aromatic heterocycles. The second kappa shape index (κ2) is 12.2. The number of carbonyl (C=O) groups is 2. The first-order valence-electron chi connectivity index (χ1n) is 12.9. The third-order valence-corrected chi connectivity index (χ3v) is 6.99. The highest BCUT2D eigenvalue weighted by Crippen LogP contribution is 2.40. The lowest BCUT2D eigenvalue weighted by Crippen LogP contribution is -2.57. The maximum Gasteiger partial charge on any atom is 0.273 e. The lowest BCUT2D eigenvalue weighted by Gasteiger charge is -2.41. The Hall–Kier alpha value is -2.16. The van der Waals surface area contributed by atoms with Crippen molar-refractivity contribution in [2.24, 2.45) is 0 Å². The minimum Gasteiger partial charge on any atom is -0.473 e. The van der Waals surface area contributed by atoms with Gasteiger partial charge in [-0.05, 0) is 83.2 Å². The molecule has 2 heterocycles. The van der Waals surface area contributed by atoms with Crippen molar-refractivity contribution in [2.45, 2.75) is 77.5 Å². The minimum atomic E-state index is -1.09. The van der Waals surface area contributed by atoms with Crippen LogP contribution in [0.1, 0.15) is 57.6 Å². The lowest BCUT2D eigenvalue weighted by molar-refractivity contribution is -0.138. The summed E-state index contributed by atoms with van der Waals surface area (Å²) in [4.78, 5) is 30.8. The summed E-state index contributed by atoms with van der Waals surface area (Å²) in [7, 11) is 3.25. The molecule has 196 valence electrons. The Balaban J connectivity index is 1.89. The molecule has 2 aliphatic rings. The number of amides is 2. The fourth-order valence-corrected chi connectivity index (χ4v) is 5.22. The number of anilines is 1. The Bertz CT molecular complexity index is 884. The summed E-state index contributed by atoms with van der Waals surface area (Å²) >= 11 is 0. The zero-order chi connectivity index (χ0) is 25.6. The Morgan fingerprint density at radius 2 is 2.06 bits per heavy atom. The van der Waals surface area contributed by atoms with E-state index in [1.807, 2.05) is 24.0 Å². The van der Waals surface area contributed by atoms with Gasteiger partial charge in [0, 0.05) is 46.0 Å². The van der Waals surface area contributed by atoms with Crippen LogP contribution >= 0.6 is 0 Å². The summed E-state index contributed by atoms with van der Waals surface area (Å²) < 4.78 is 16.7. The second-order valence-electron chi connectivity index (χ2n) is 10.2. The first-order valence-corrected chi connectivity index (χ1v) is 12.9. The van der Waals surface area contributed by atoms with Crippen LogP contribution in [0.5, 0.6) is 5.75 Å². The van der Waals surface area contributed by atoms with Crippen molar-refractivity contribution in [3.63, 3.8) is 0 Å². The average molecular weight is 490 g/mol. The molecule has 1 fully saturated rings. The van der Waals surface area contributed by atoms with E-state index in [0.29, 0.717) is 25.3 Å². The summed E-state index contributed by atoms with van der Waals surface area (Å²) in [6, 6.07) is 4.27. The molecule has 0 saturated carbocycles. The van der Waals surface area contributed by atoms with E-state index in [1.165, 1.54) is 0 Å². The van der Waals surface area contributed by atoms with E-state index >= 15 is 0 Å². The van der Waals surface area contributed by atoms with E-state index < -0.39 is 5.60 Å². The predicted octanol–water partition coefficient (Wildman–Crippen LogP) is 3.08. The van der Waals surface area contributed by atoms with Crippen LogP contribution in [0.2, 0.25) is 0 Å². The summed E-state index contributed by atoms with van der Waals surface area (Å²) in [6.45, 7) is 11.2. The number of piperidine rings is 1. The van der Waals surface area contributed by atoms with Crippen molar-refractivity contribution in [3.05, 3.63) is 23.3 Å². The van der Waals surface area contributed by atoms with Crippen LogP contribution in [0.25, 0.3) is 0 Å². The van der Waals surface area contributed by atoms with E-state index in [2.05, 4.69) is 19.2 Å². The van der Waals surface area contributed by atoms with Crippen molar-refractivity contribution in [2.75, 3.05) is 52.0 Å². The topological polar surface area (TPSA) is 80.3 Å². The summed E-state index contributed by atoms with van der Waals surface area (Å²) in [5, 5.41) is 3.42. The minimum absolute atomic E-state index is 0.121. The number of hydrogen-bond donors (Lipinski definition) is 1. The Morgan fingerprint density at radius 3 is 2.69 bits per heavy atom. The number of hydrogen-bond acceptors (Lipinski definition) is 6. The number of carbonyl (C=O) groups excluding carboxylic acids is 2. The summed E-state index contributed by atoms with van der Waals surface area (Å²) in [5.74, 6) is 0.653. The number of benzene rings is 1. The first-order chi connectivity index (χ1) is 16.7. The monoisotopic (exact) mass is 489 g/mol. The van der Waals surface area contributed by atoms with E-state index in [0.717, 1.165) is 55.6 Å². The number of unbranched alkanes of at least 4 members (excludes halogenated alkanes) is 1. The van der Waals surface area contributed by atoms with Crippen molar-refractivity contribution in [3.8, 4) is 5.75 Å². The van der Waals surface area contributed by atoms with Gasteiger partial charge in [-0.1, -0.05) is 0 Å². The van der Waals surface area contributed by atoms with Crippen molar-refractivity contribution in [1.29, 1.82) is 0 Å². The standard InChI is InChI=1S/C27H43N3O5/c1-19(2)30(22-10-9-11-28-17-22)25(31)16-21-15-23-24(14-20(21)3)35-27(4,18-34-6)26(32)29(23)12-7-8-13-33-5/h14-15,19,22,28H,7-13,16-18H2,1-6H3/t22-,27+/m1/s1. The summed E-state index contributed by atoms with van der Waals surface area (Å²) in [5.41, 5.74) is 1.55. The van der Waals surface area contributed by atoms with E-state index in [-0.39, 0.29) is 30.5 Å². The van der Waals surface area contributed by atoms with Gasteiger partial charge in [-0.15, -0.1) is 0 Å². The molecule has 1 aromatic carbocycles. The third-order valence-electron chi connectivity index (χ3n) is 6.99. The molecule has 35 heavy (non-hydrogen) atoms. The Labute approximate surface area is 210 Å². The normalized spacial score (nSPS) is 22.2. The van der Waals surface area contributed by atoms with Crippen LogP contribution in [-0.4, -0.2) is 81.5 Å². The Kier molecular flexibility index (Phi) is 9.55. The predicted molar refractivity (Wildman–Crippen MR) is 137 cm³/mol. The van der Waals surface area contributed by atoms with Gasteiger partial charge in [0.15, 0.2) is 0 Å². The third kappa shape index (κ3) is 6.35. The largest absolute Gasteiger partial charge is 0.473 e. The highest BCUT2D eigenvalue weighted by atomic mass is 16.5. The average Bonchev–Trinajstić information content (AvgIpc) is 2.81. The van der Waals surface area contributed by atoms with Gasteiger partial charge in [0.1, 0.15) is 5.75 Å². The number of nitrogens with zero attached hydrogens (tertiary/aromatic N) is 2. The zero-order valence-electron chi connectivity index (χ0n) is 22.3. The van der Waals surface area contributed by atoms with Gasteiger partial charge < -0.3 is 29.3 Å². The fraction of sp³-hybridized carbons (Fsp3) is 0.704. The molecule has 0 aliphatic carbocycles. The van der Waals surface area contributed by atoms with Crippen LogP contribution in [0.4, 0.5) is 5.69 Å². The molecule has 2 amide bonds.